The summed E-state index contributed by atoms with van der Waals surface area (Å²) in [5, 5.41) is 15.2. The van der Waals surface area contributed by atoms with Gasteiger partial charge in [-0.05, 0) is 49.7 Å². The number of amides is 2. The highest BCUT2D eigenvalue weighted by atomic mass is 16.4. The smallest absolute Gasteiger partial charge is 0.329 e. The number of aromatic nitrogens is 2. The molecule has 1 fully saturated rings. The van der Waals surface area contributed by atoms with Crippen LogP contribution in [0.15, 0.2) is 33.9 Å². The molecule has 1 aliphatic rings. The average molecular weight is 473 g/mol. The second-order valence-electron chi connectivity index (χ2n) is 9.10. The molecule has 2 amide bonds. The number of rotatable bonds is 9. The molecule has 10 nitrogen and oxygen atoms in total. The van der Waals surface area contributed by atoms with Crippen LogP contribution in [-0.2, 0) is 20.9 Å². The molecule has 184 valence electrons. The average Bonchev–Trinajstić information content (AvgIpc) is 2.83. The van der Waals surface area contributed by atoms with E-state index >= 15 is 0 Å². The Hall–Kier alpha value is -3.43. The fraction of sp³-hybridized carbons (Fsp3) is 0.542. The van der Waals surface area contributed by atoms with Gasteiger partial charge in [0.1, 0.15) is 12.6 Å². The Kier molecular flexibility index (Phi) is 8.25. The Bertz CT molecular complexity index is 1160. The lowest BCUT2D eigenvalue weighted by Gasteiger charge is -2.29. The number of carboxylic acids is 1. The van der Waals surface area contributed by atoms with Crippen molar-refractivity contribution in [1.29, 1.82) is 0 Å². The van der Waals surface area contributed by atoms with Gasteiger partial charge in [0, 0.05) is 12.5 Å². The topological polar surface area (TPSA) is 150 Å². The van der Waals surface area contributed by atoms with Crippen LogP contribution in [0.2, 0.25) is 0 Å². The van der Waals surface area contributed by atoms with E-state index in [9.17, 15) is 29.1 Å². The van der Waals surface area contributed by atoms with E-state index in [4.69, 9.17) is 0 Å². The van der Waals surface area contributed by atoms with Gasteiger partial charge in [-0.25, -0.2) is 9.59 Å². The number of nitrogens with one attached hydrogen (secondary N) is 3. The largest absolute Gasteiger partial charge is 0.480 e. The highest BCUT2D eigenvalue weighted by Gasteiger charge is 2.31. The van der Waals surface area contributed by atoms with Crippen LogP contribution in [-0.4, -0.2) is 45.0 Å². The third-order valence-electron chi connectivity index (χ3n) is 6.77. The van der Waals surface area contributed by atoms with Gasteiger partial charge >= 0.3 is 11.7 Å². The molecule has 0 aliphatic heterocycles. The number of hydrogen-bond donors (Lipinski definition) is 4. The molecule has 34 heavy (non-hydrogen) atoms. The third kappa shape index (κ3) is 5.92. The molecular weight excluding hydrogens is 440 g/mol. The number of carbonyl (C=O) groups excluding carboxylic acids is 2. The minimum Gasteiger partial charge on any atom is -0.480 e. The quantitative estimate of drug-likeness (QED) is 0.431. The maximum atomic E-state index is 12.6. The van der Waals surface area contributed by atoms with Crippen molar-refractivity contribution in [3.63, 3.8) is 0 Å². The van der Waals surface area contributed by atoms with Crippen LogP contribution in [0.5, 0.6) is 0 Å². The van der Waals surface area contributed by atoms with Crippen molar-refractivity contribution in [3.05, 3.63) is 45.1 Å². The predicted octanol–water partition coefficient (Wildman–Crippen LogP) is 1.23. The molecule has 2 atom stereocenters. The lowest BCUT2D eigenvalue weighted by Crippen LogP contribution is -2.48. The molecular formula is C24H32N4O6. The predicted molar refractivity (Wildman–Crippen MR) is 126 cm³/mol. The second-order valence-corrected chi connectivity index (χ2v) is 9.10. The van der Waals surface area contributed by atoms with Gasteiger partial charge in [0.2, 0.25) is 11.8 Å². The molecule has 1 aromatic carbocycles. The van der Waals surface area contributed by atoms with Crippen LogP contribution in [0.25, 0.3) is 10.9 Å². The number of para-hydroxylation sites is 1. The van der Waals surface area contributed by atoms with E-state index < -0.39 is 29.2 Å². The fourth-order valence-corrected chi connectivity index (χ4v) is 4.38. The first-order valence-corrected chi connectivity index (χ1v) is 11.7. The van der Waals surface area contributed by atoms with Crippen LogP contribution in [0.1, 0.15) is 46.0 Å². The molecule has 0 bridgehead atoms. The van der Waals surface area contributed by atoms with Crippen molar-refractivity contribution in [2.45, 2.75) is 58.5 Å². The van der Waals surface area contributed by atoms with Gasteiger partial charge < -0.3 is 20.7 Å². The van der Waals surface area contributed by atoms with Crippen molar-refractivity contribution in [2.24, 2.45) is 17.8 Å². The molecule has 2 aromatic rings. The van der Waals surface area contributed by atoms with Gasteiger partial charge in [0.25, 0.3) is 5.56 Å². The summed E-state index contributed by atoms with van der Waals surface area (Å²) in [7, 11) is 0. The van der Waals surface area contributed by atoms with Gasteiger partial charge in [-0.15, -0.1) is 0 Å². The summed E-state index contributed by atoms with van der Waals surface area (Å²) in [5.74, 6) is -1.92. The molecule has 1 aromatic heterocycles. The van der Waals surface area contributed by atoms with E-state index in [1.807, 2.05) is 6.92 Å². The maximum Gasteiger partial charge on any atom is 0.329 e. The molecule has 1 heterocycles. The zero-order chi connectivity index (χ0) is 24.8. The number of carboxylic acid groups (broad SMARTS) is 1. The summed E-state index contributed by atoms with van der Waals surface area (Å²) in [6, 6.07) is 5.73. The summed E-state index contributed by atoms with van der Waals surface area (Å²) >= 11 is 0. The van der Waals surface area contributed by atoms with Gasteiger partial charge in [-0.1, -0.05) is 32.4 Å². The molecule has 1 aliphatic carbocycles. The third-order valence-corrected chi connectivity index (χ3v) is 6.77. The van der Waals surface area contributed by atoms with Crippen LogP contribution in [0.4, 0.5) is 0 Å². The monoisotopic (exact) mass is 472 g/mol. The first-order chi connectivity index (χ1) is 16.2. The zero-order valence-corrected chi connectivity index (χ0v) is 19.5. The standard InChI is InChI=1S/C24H32N4O6/c1-3-14(2)20(23(32)33)27-21(30)16-10-8-15(9-11-16)12-25-19(29)13-28-22(31)17-6-4-5-7-18(17)26-24(28)34/h4-7,14-16,20H,3,8-13H2,1-2H3,(H,25,29)(H,26,34)(H,27,30)(H,32,33)/t14-,15?,16?,20+/m0/s1. The molecule has 4 N–H and O–H groups in total. The van der Waals surface area contributed by atoms with E-state index in [0.717, 1.165) is 17.4 Å². The van der Waals surface area contributed by atoms with Gasteiger partial charge in [-0.3, -0.25) is 19.0 Å². The SMILES string of the molecule is CC[C@H](C)[C@@H](NC(=O)C1CCC(CNC(=O)Cn2c(=O)[nH]c3ccccc3c2=O)CC1)C(=O)O. The van der Waals surface area contributed by atoms with Crippen LogP contribution >= 0.6 is 0 Å². The summed E-state index contributed by atoms with van der Waals surface area (Å²) in [6.07, 6.45) is 3.32. The normalized spacial score (nSPS) is 19.8. The number of benzene rings is 1. The molecule has 0 radical (unpaired) electrons. The van der Waals surface area contributed by atoms with Crippen LogP contribution in [0, 0.1) is 17.8 Å². The van der Waals surface area contributed by atoms with Gasteiger partial charge in [0.05, 0.1) is 10.9 Å². The lowest BCUT2D eigenvalue weighted by molar-refractivity contribution is -0.144. The highest BCUT2D eigenvalue weighted by molar-refractivity contribution is 5.85. The Morgan fingerprint density at radius 3 is 2.47 bits per heavy atom. The number of fused-ring (bicyclic) bond motifs is 1. The number of nitrogens with zero attached hydrogens (tertiary/aromatic N) is 1. The van der Waals surface area contributed by atoms with Crippen molar-refractivity contribution in [3.8, 4) is 0 Å². The first kappa shape index (κ1) is 25.2. The summed E-state index contributed by atoms with van der Waals surface area (Å²) in [4.78, 5) is 63.8. The highest BCUT2D eigenvalue weighted by Crippen LogP contribution is 2.29. The lowest BCUT2D eigenvalue weighted by atomic mass is 9.81. The Labute approximate surface area is 196 Å². The van der Waals surface area contributed by atoms with Gasteiger partial charge in [-0.2, -0.15) is 0 Å². The van der Waals surface area contributed by atoms with E-state index in [0.29, 0.717) is 36.7 Å². The summed E-state index contributed by atoms with van der Waals surface area (Å²) in [5.41, 5.74) is -0.728. The van der Waals surface area contributed by atoms with E-state index in [1.165, 1.54) is 0 Å². The minimum absolute atomic E-state index is 0.157. The number of carbonyl (C=O) groups is 3. The Morgan fingerprint density at radius 1 is 1.15 bits per heavy atom. The first-order valence-electron chi connectivity index (χ1n) is 11.7. The molecule has 3 rings (SSSR count). The Balaban J connectivity index is 1.49. The molecule has 10 heteroatoms. The van der Waals surface area contributed by atoms with Crippen molar-refractivity contribution in [1.82, 2.24) is 20.2 Å². The fourth-order valence-electron chi connectivity index (χ4n) is 4.38. The number of H-pyrrole nitrogens is 1. The van der Waals surface area contributed by atoms with Crippen LogP contribution < -0.4 is 21.9 Å². The summed E-state index contributed by atoms with van der Waals surface area (Å²) < 4.78 is 0.884. The second kappa shape index (κ2) is 11.1. The van der Waals surface area contributed by atoms with Crippen molar-refractivity contribution >= 4 is 28.7 Å². The number of aromatic amines is 1. The van der Waals surface area contributed by atoms with E-state index in [2.05, 4.69) is 15.6 Å². The number of aliphatic carboxylic acids is 1. The van der Waals surface area contributed by atoms with Gasteiger partial charge in [0.15, 0.2) is 0 Å². The molecule has 1 saturated carbocycles. The summed E-state index contributed by atoms with van der Waals surface area (Å²) in [6.45, 7) is 3.71. The maximum absolute atomic E-state index is 12.6. The Morgan fingerprint density at radius 2 is 1.82 bits per heavy atom. The van der Waals surface area contributed by atoms with Crippen molar-refractivity contribution in [2.75, 3.05) is 6.54 Å². The van der Waals surface area contributed by atoms with Crippen LogP contribution in [0.3, 0.4) is 0 Å². The minimum atomic E-state index is -1.02. The molecule has 0 unspecified atom stereocenters. The molecule has 0 spiro atoms. The van der Waals surface area contributed by atoms with E-state index in [-0.39, 0.29) is 30.2 Å². The zero-order valence-electron chi connectivity index (χ0n) is 19.5. The van der Waals surface area contributed by atoms with Crippen molar-refractivity contribution < 1.29 is 19.5 Å². The van der Waals surface area contributed by atoms with E-state index in [1.54, 1.807) is 31.2 Å². The molecule has 0 saturated heterocycles. The number of hydrogen-bond acceptors (Lipinski definition) is 5.